The van der Waals surface area contributed by atoms with Gasteiger partial charge in [0.1, 0.15) is 11.9 Å². The Kier molecular flexibility index (Phi) is 5.64. The molecule has 20 heavy (non-hydrogen) atoms. The van der Waals surface area contributed by atoms with E-state index >= 15 is 0 Å². The van der Waals surface area contributed by atoms with Crippen LogP contribution < -0.4 is 5.32 Å². The molecular weight excluding hydrogens is 252 g/mol. The lowest BCUT2D eigenvalue weighted by Crippen LogP contribution is -2.47. The number of nitrogens with one attached hydrogen (secondary N) is 1. The van der Waals surface area contributed by atoms with E-state index in [9.17, 15) is 5.11 Å². The van der Waals surface area contributed by atoms with Gasteiger partial charge in [-0.1, -0.05) is 0 Å². The van der Waals surface area contributed by atoms with Crippen LogP contribution in [0.1, 0.15) is 51.9 Å². The zero-order valence-corrected chi connectivity index (χ0v) is 12.9. The molecule has 114 valence electrons. The number of hydrogen-bond acceptors (Lipinski definition) is 4. The van der Waals surface area contributed by atoms with Crippen LogP contribution in [0.4, 0.5) is 0 Å². The van der Waals surface area contributed by atoms with Crippen LogP contribution >= 0.6 is 0 Å². The number of aliphatic hydroxyl groups is 1. The molecule has 0 radical (unpaired) electrons. The van der Waals surface area contributed by atoms with Gasteiger partial charge in [0.15, 0.2) is 0 Å². The Hall–Kier alpha value is -0.840. The first kappa shape index (κ1) is 15.5. The average molecular weight is 280 g/mol. The fourth-order valence-corrected chi connectivity index (χ4v) is 2.98. The molecule has 1 aliphatic rings. The number of piperidine rings is 1. The molecule has 1 saturated heterocycles. The van der Waals surface area contributed by atoms with E-state index in [2.05, 4.69) is 31.0 Å². The smallest absolute Gasteiger partial charge is 0.132 e. The maximum atomic E-state index is 10.1. The van der Waals surface area contributed by atoms with Gasteiger partial charge < -0.3 is 19.7 Å². The molecule has 0 amide bonds. The van der Waals surface area contributed by atoms with Crippen molar-refractivity contribution in [2.75, 3.05) is 13.1 Å². The Bertz CT molecular complexity index is 370. The van der Waals surface area contributed by atoms with Crippen molar-refractivity contribution < 1.29 is 9.52 Å². The van der Waals surface area contributed by atoms with Gasteiger partial charge >= 0.3 is 0 Å². The van der Waals surface area contributed by atoms with Gasteiger partial charge in [0.2, 0.25) is 0 Å². The van der Waals surface area contributed by atoms with Crippen LogP contribution in [-0.2, 0) is 0 Å². The van der Waals surface area contributed by atoms with Crippen molar-refractivity contribution in [2.45, 2.75) is 64.3 Å². The summed E-state index contributed by atoms with van der Waals surface area (Å²) in [5.41, 5.74) is 0. The number of hydrogen-bond donors (Lipinski definition) is 2. The molecule has 1 fully saturated rings. The van der Waals surface area contributed by atoms with Crippen molar-refractivity contribution in [3.63, 3.8) is 0 Å². The maximum absolute atomic E-state index is 10.1. The summed E-state index contributed by atoms with van der Waals surface area (Å²) < 4.78 is 5.24. The predicted molar refractivity (Wildman–Crippen MR) is 80.6 cm³/mol. The topological polar surface area (TPSA) is 48.6 Å². The lowest BCUT2D eigenvalue weighted by molar-refractivity contribution is 0.117. The fraction of sp³-hybridized carbons (Fsp3) is 0.750. The fourth-order valence-electron chi connectivity index (χ4n) is 2.98. The highest BCUT2D eigenvalue weighted by Crippen LogP contribution is 2.20. The van der Waals surface area contributed by atoms with Crippen LogP contribution in [-0.4, -0.2) is 41.2 Å². The number of likely N-dealkylation sites (tertiary alicyclic amines) is 1. The van der Waals surface area contributed by atoms with Crippen LogP contribution in [0.15, 0.2) is 22.8 Å². The molecule has 2 rings (SSSR count). The summed E-state index contributed by atoms with van der Waals surface area (Å²) in [5.74, 6) is 0.660. The van der Waals surface area contributed by atoms with Crippen molar-refractivity contribution in [1.29, 1.82) is 0 Å². The summed E-state index contributed by atoms with van der Waals surface area (Å²) in [6.07, 6.45) is 4.18. The lowest BCUT2D eigenvalue weighted by Gasteiger charge is -2.36. The monoisotopic (exact) mass is 280 g/mol. The quantitative estimate of drug-likeness (QED) is 0.841. The second kappa shape index (κ2) is 7.25. The van der Waals surface area contributed by atoms with Crippen LogP contribution in [0.25, 0.3) is 0 Å². The summed E-state index contributed by atoms with van der Waals surface area (Å²) in [6.45, 7) is 9.00. The number of nitrogens with zero attached hydrogens (tertiary/aromatic N) is 1. The highest BCUT2D eigenvalue weighted by atomic mass is 16.4. The van der Waals surface area contributed by atoms with Crippen molar-refractivity contribution >= 4 is 0 Å². The SMILES string of the molecule is CC(C)N1CCC(N[C@@H](C)C[C@@H](O)c2ccco2)CC1. The number of rotatable bonds is 6. The lowest BCUT2D eigenvalue weighted by atomic mass is 10.0. The van der Waals surface area contributed by atoms with E-state index in [0.717, 1.165) is 0 Å². The molecule has 0 aliphatic carbocycles. The summed E-state index contributed by atoms with van der Waals surface area (Å²) in [7, 11) is 0. The van der Waals surface area contributed by atoms with Crippen molar-refractivity contribution in [2.24, 2.45) is 0 Å². The molecular formula is C16H28N2O2. The second-order valence-electron chi connectivity index (χ2n) is 6.24. The molecule has 2 heterocycles. The average Bonchev–Trinajstić information content (AvgIpc) is 2.93. The van der Waals surface area contributed by atoms with Gasteiger partial charge in [0, 0.05) is 18.1 Å². The zero-order valence-electron chi connectivity index (χ0n) is 12.9. The van der Waals surface area contributed by atoms with E-state index < -0.39 is 6.10 Å². The van der Waals surface area contributed by atoms with E-state index in [1.54, 1.807) is 6.26 Å². The number of aliphatic hydroxyl groups excluding tert-OH is 1. The van der Waals surface area contributed by atoms with E-state index in [-0.39, 0.29) is 0 Å². The third kappa shape index (κ3) is 4.33. The maximum Gasteiger partial charge on any atom is 0.132 e. The Balaban J connectivity index is 1.71. The van der Waals surface area contributed by atoms with E-state index in [0.29, 0.717) is 30.3 Å². The van der Waals surface area contributed by atoms with Gasteiger partial charge in [0.05, 0.1) is 6.26 Å². The highest BCUT2D eigenvalue weighted by molar-refractivity contribution is 5.02. The molecule has 1 aromatic heterocycles. The van der Waals surface area contributed by atoms with Crippen LogP contribution in [0.5, 0.6) is 0 Å². The first-order chi connectivity index (χ1) is 9.56. The Morgan fingerprint density at radius 3 is 2.60 bits per heavy atom. The Labute approximate surface area is 122 Å². The molecule has 0 aromatic carbocycles. The summed E-state index contributed by atoms with van der Waals surface area (Å²) in [4.78, 5) is 2.53. The molecule has 1 aliphatic heterocycles. The first-order valence-corrected chi connectivity index (χ1v) is 7.78. The molecule has 4 heteroatoms. The van der Waals surface area contributed by atoms with Gasteiger partial charge in [0.25, 0.3) is 0 Å². The summed E-state index contributed by atoms with van der Waals surface area (Å²) in [5, 5.41) is 13.7. The molecule has 1 aromatic rings. The minimum Gasteiger partial charge on any atom is -0.467 e. The van der Waals surface area contributed by atoms with Crippen LogP contribution in [0.2, 0.25) is 0 Å². The molecule has 0 saturated carbocycles. The van der Waals surface area contributed by atoms with Gasteiger partial charge in [-0.3, -0.25) is 0 Å². The van der Waals surface area contributed by atoms with Gasteiger partial charge in [-0.25, -0.2) is 0 Å². The van der Waals surface area contributed by atoms with Crippen LogP contribution in [0, 0.1) is 0 Å². The van der Waals surface area contributed by atoms with Gasteiger partial charge in [-0.15, -0.1) is 0 Å². The highest BCUT2D eigenvalue weighted by Gasteiger charge is 2.23. The largest absolute Gasteiger partial charge is 0.467 e. The first-order valence-electron chi connectivity index (χ1n) is 7.78. The second-order valence-corrected chi connectivity index (χ2v) is 6.24. The third-order valence-electron chi connectivity index (χ3n) is 4.23. The number of furan rings is 1. The minimum absolute atomic E-state index is 0.297. The molecule has 0 bridgehead atoms. The molecule has 4 nitrogen and oxygen atoms in total. The Morgan fingerprint density at radius 2 is 2.05 bits per heavy atom. The van der Waals surface area contributed by atoms with Crippen molar-refractivity contribution in [3.05, 3.63) is 24.2 Å². The van der Waals surface area contributed by atoms with E-state index in [1.165, 1.54) is 25.9 Å². The summed E-state index contributed by atoms with van der Waals surface area (Å²) in [6, 6.07) is 5.17. The predicted octanol–water partition coefficient (Wildman–Crippen LogP) is 2.55. The van der Waals surface area contributed by atoms with Crippen LogP contribution in [0.3, 0.4) is 0 Å². The normalized spacial score (nSPS) is 21.2. The zero-order chi connectivity index (χ0) is 14.5. The molecule has 2 atom stereocenters. The van der Waals surface area contributed by atoms with Crippen molar-refractivity contribution in [1.82, 2.24) is 10.2 Å². The van der Waals surface area contributed by atoms with Gasteiger partial charge in [-0.05, 0) is 65.3 Å². The Morgan fingerprint density at radius 1 is 1.35 bits per heavy atom. The molecule has 0 unspecified atom stereocenters. The summed E-state index contributed by atoms with van der Waals surface area (Å²) >= 11 is 0. The minimum atomic E-state index is -0.511. The third-order valence-corrected chi connectivity index (χ3v) is 4.23. The molecule has 2 N–H and O–H groups in total. The van der Waals surface area contributed by atoms with Gasteiger partial charge in [-0.2, -0.15) is 0 Å². The van der Waals surface area contributed by atoms with E-state index in [4.69, 9.17) is 4.42 Å². The standard InChI is InChI=1S/C16H28N2O2/c1-12(2)18-8-6-14(7-9-18)17-13(3)11-15(19)16-5-4-10-20-16/h4-5,10,12-15,17,19H,6-9,11H2,1-3H3/t13-,15+/m0/s1. The van der Waals surface area contributed by atoms with Crippen molar-refractivity contribution in [3.8, 4) is 0 Å². The molecule has 0 spiro atoms. The van der Waals surface area contributed by atoms with E-state index in [1.807, 2.05) is 12.1 Å².